The molecule has 0 amide bonds. The van der Waals surface area contributed by atoms with Crippen molar-refractivity contribution in [2.24, 2.45) is 7.05 Å². The smallest absolute Gasteiger partial charge is 0.341 e. The van der Waals surface area contributed by atoms with Crippen molar-refractivity contribution < 1.29 is 9.53 Å². The van der Waals surface area contributed by atoms with Crippen LogP contribution >= 0.6 is 0 Å². The van der Waals surface area contributed by atoms with Crippen LogP contribution in [0.15, 0.2) is 18.5 Å². The van der Waals surface area contributed by atoms with E-state index in [1.807, 2.05) is 0 Å². The third-order valence-corrected chi connectivity index (χ3v) is 2.12. The molecule has 1 N–H and O–H groups in total. The number of hydrogen-bond acceptors (Lipinski definition) is 4. The molecule has 0 aromatic carbocycles. The molecule has 2 aromatic heterocycles. The van der Waals surface area contributed by atoms with E-state index in [-0.39, 0.29) is 0 Å². The van der Waals surface area contributed by atoms with Gasteiger partial charge in [-0.1, -0.05) is 0 Å². The lowest BCUT2D eigenvalue weighted by Gasteiger charge is -2.01. The number of rotatable bonds is 2. The average Bonchev–Trinajstić information content (AvgIpc) is 2.84. The van der Waals surface area contributed by atoms with E-state index in [0.29, 0.717) is 11.3 Å². The van der Waals surface area contributed by atoms with Crippen molar-refractivity contribution >= 4 is 5.97 Å². The fourth-order valence-electron chi connectivity index (χ4n) is 1.37. The van der Waals surface area contributed by atoms with Crippen LogP contribution in [-0.4, -0.2) is 33.1 Å². The van der Waals surface area contributed by atoms with Crippen molar-refractivity contribution in [1.29, 1.82) is 0 Å². The Morgan fingerprint density at radius 3 is 3.00 bits per heavy atom. The monoisotopic (exact) mass is 206 g/mol. The normalized spacial score (nSPS) is 10.3. The van der Waals surface area contributed by atoms with Crippen molar-refractivity contribution in [3.05, 3.63) is 24.0 Å². The van der Waals surface area contributed by atoms with E-state index < -0.39 is 5.97 Å². The number of methoxy groups -OCH3 is 1. The molecule has 0 spiro atoms. The van der Waals surface area contributed by atoms with E-state index in [4.69, 9.17) is 0 Å². The number of aryl methyl sites for hydroxylation is 1. The Balaban J connectivity index is 2.50. The lowest BCUT2D eigenvalue weighted by atomic mass is 10.2. The Morgan fingerprint density at radius 1 is 1.60 bits per heavy atom. The molecule has 0 bridgehead atoms. The molecule has 0 saturated heterocycles. The fourth-order valence-corrected chi connectivity index (χ4v) is 1.37. The van der Waals surface area contributed by atoms with Crippen LogP contribution in [0, 0.1) is 0 Å². The Morgan fingerprint density at radius 2 is 2.40 bits per heavy atom. The standard InChI is InChI=1S/C9H10N4O2/c1-13-7(3-4-11-13)8-6(5-10-12-8)9(14)15-2/h3-5H,1-2H3,(H,10,12). The zero-order chi connectivity index (χ0) is 10.8. The molecule has 15 heavy (non-hydrogen) atoms. The molecule has 6 heteroatoms. The van der Waals surface area contributed by atoms with Gasteiger partial charge in [0.1, 0.15) is 5.56 Å². The molecule has 0 aliphatic rings. The number of carbonyl (C=O) groups excluding carboxylic acids is 1. The van der Waals surface area contributed by atoms with E-state index in [1.165, 1.54) is 13.3 Å². The predicted octanol–water partition coefficient (Wildman–Crippen LogP) is 0.597. The molecular formula is C9H10N4O2. The molecular weight excluding hydrogens is 196 g/mol. The lowest BCUT2D eigenvalue weighted by Crippen LogP contribution is -2.03. The number of aromatic amines is 1. The van der Waals surface area contributed by atoms with Crippen LogP contribution in [0.2, 0.25) is 0 Å². The molecule has 0 saturated carbocycles. The molecule has 2 rings (SSSR count). The van der Waals surface area contributed by atoms with E-state index in [0.717, 1.165) is 5.69 Å². The molecule has 78 valence electrons. The highest BCUT2D eigenvalue weighted by Gasteiger charge is 2.17. The SMILES string of the molecule is COC(=O)c1cn[nH]c1-c1ccnn1C. The minimum atomic E-state index is -0.417. The summed E-state index contributed by atoms with van der Waals surface area (Å²) in [4.78, 5) is 11.4. The van der Waals surface area contributed by atoms with Gasteiger partial charge in [-0.05, 0) is 6.07 Å². The number of nitrogens with zero attached hydrogens (tertiary/aromatic N) is 3. The van der Waals surface area contributed by atoms with Gasteiger partial charge in [-0.15, -0.1) is 0 Å². The Hall–Kier alpha value is -2.11. The lowest BCUT2D eigenvalue weighted by molar-refractivity contribution is 0.0601. The number of ether oxygens (including phenoxy) is 1. The second kappa shape index (κ2) is 3.56. The number of nitrogens with one attached hydrogen (secondary N) is 1. The molecule has 2 aromatic rings. The molecule has 2 heterocycles. The Labute approximate surface area is 85.9 Å². The van der Waals surface area contributed by atoms with Gasteiger partial charge in [0.05, 0.1) is 24.7 Å². The maximum atomic E-state index is 11.4. The molecule has 0 unspecified atom stereocenters. The van der Waals surface area contributed by atoms with Crippen LogP contribution in [0.3, 0.4) is 0 Å². The highest BCUT2D eigenvalue weighted by molar-refractivity contribution is 5.95. The van der Waals surface area contributed by atoms with Crippen LogP contribution in [0.4, 0.5) is 0 Å². The third kappa shape index (κ3) is 1.50. The van der Waals surface area contributed by atoms with Crippen LogP contribution < -0.4 is 0 Å². The van der Waals surface area contributed by atoms with Gasteiger partial charge >= 0.3 is 5.97 Å². The van der Waals surface area contributed by atoms with Crippen molar-refractivity contribution in [1.82, 2.24) is 20.0 Å². The van der Waals surface area contributed by atoms with Gasteiger partial charge < -0.3 is 4.74 Å². The summed E-state index contributed by atoms with van der Waals surface area (Å²) in [5, 5.41) is 10.6. The number of H-pyrrole nitrogens is 1. The summed E-state index contributed by atoms with van der Waals surface area (Å²) >= 11 is 0. The summed E-state index contributed by atoms with van der Waals surface area (Å²) in [6, 6.07) is 1.79. The average molecular weight is 206 g/mol. The second-order valence-electron chi connectivity index (χ2n) is 2.99. The Bertz CT molecular complexity index is 486. The first-order valence-electron chi connectivity index (χ1n) is 4.34. The van der Waals surface area contributed by atoms with Crippen molar-refractivity contribution in [2.75, 3.05) is 7.11 Å². The van der Waals surface area contributed by atoms with Crippen LogP contribution in [0.25, 0.3) is 11.4 Å². The molecule has 0 aliphatic heterocycles. The molecule has 0 fully saturated rings. The van der Waals surface area contributed by atoms with Gasteiger partial charge in [0.15, 0.2) is 0 Å². The molecule has 0 aliphatic carbocycles. The van der Waals surface area contributed by atoms with Gasteiger partial charge in [-0.3, -0.25) is 9.78 Å². The first kappa shape index (κ1) is 9.45. The zero-order valence-electron chi connectivity index (χ0n) is 8.39. The summed E-state index contributed by atoms with van der Waals surface area (Å²) in [7, 11) is 3.12. The number of esters is 1. The summed E-state index contributed by atoms with van der Waals surface area (Å²) in [6.45, 7) is 0. The summed E-state index contributed by atoms with van der Waals surface area (Å²) in [5.74, 6) is -0.417. The van der Waals surface area contributed by atoms with Crippen molar-refractivity contribution in [3.63, 3.8) is 0 Å². The maximum absolute atomic E-state index is 11.4. The van der Waals surface area contributed by atoms with Gasteiger partial charge in [-0.2, -0.15) is 10.2 Å². The summed E-state index contributed by atoms with van der Waals surface area (Å²) in [6.07, 6.45) is 3.09. The fraction of sp³-hybridized carbons (Fsp3) is 0.222. The van der Waals surface area contributed by atoms with Gasteiger partial charge in [0, 0.05) is 13.2 Å². The number of aromatic nitrogens is 4. The van der Waals surface area contributed by atoms with Crippen LogP contribution in [0.1, 0.15) is 10.4 Å². The zero-order valence-corrected chi connectivity index (χ0v) is 8.39. The topological polar surface area (TPSA) is 72.8 Å². The summed E-state index contributed by atoms with van der Waals surface area (Å²) < 4.78 is 6.30. The predicted molar refractivity (Wildman–Crippen MR) is 52.1 cm³/mol. The van der Waals surface area contributed by atoms with E-state index in [1.54, 1.807) is 24.0 Å². The highest BCUT2D eigenvalue weighted by atomic mass is 16.5. The van der Waals surface area contributed by atoms with Crippen LogP contribution in [0.5, 0.6) is 0 Å². The Kier molecular flexibility index (Phi) is 2.24. The highest BCUT2D eigenvalue weighted by Crippen LogP contribution is 2.20. The van der Waals surface area contributed by atoms with Crippen LogP contribution in [-0.2, 0) is 11.8 Å². The first-order chi connectivity index (χ1) is 7.24. The molecule has 6 nitrogen and oxygen atoms in total. The van der Waals surface area contributed by atoms with E-state index in [9.17, 15) is 4.79 Å². The van der Waals surface area contributed by atoms with E-state index in [2.05, 4.69) is 20.0 Å². The van der Waals surface area contributed by atoms with Gasteiger partial charge in [0.2, 0.25) is 0 Å². The molecule has 0 radical (unpaired) electrons. The third-order valence-electron chi connectivity index (χ3n) is 2.12. The molecule has 0 atom stereocenters. The largest absolute Gasteiger partial charge is 0.465 e. The van der Waals surface area contributed by atoms with Crippen molar-refractivity contribution in [2.45, 2.75) is 0 Å². The van der Waals surface area contributed by atoms with E-state index >= 15 is 0 Å². The van der Waals surface area contributed by atoms with Gasteiger partial charge in [0.25, 0.3) is 0 Å². The van der Waals surface area contributed by atoms with Gasteiger partial charge in [-0.25, -0.2) is 4.79 Å². The van der Waals surface area contributed by atoms with Crippen molar-refractivity contribution in [3.8, 4) is 11.4 Å². The number of hydrogen-bond donors (Lipinski definition) is 1. The minimum absolute atomic E-state index is 0.404. The summed E-state index contributed by atoms with van der Waals surface area (Å²) in [5.41, 5.74) is 1.80. The second-order valence-corrected chi connectivity index (χ2v) is 2.99. The first-order valence-corrected chi connectivity index (χ1v) is 4.34. The number of carbonyl (C=O) groups is 1. The quantitative estimate of drug-likeness (QED) is 0.730. The minimum Gasteiger partial charge on any atom is -0.465 e. The maximum Gasteiger partial charge on any atom is 0.341 e.